The van der Waals surface area contributed by atoms with E-state index in [4.69, 9.17) is 0 Å². The van der Waals surface area contributed by atoms with Crippen LogP contribution in [-0.2, 0) is 6.54 Å². The van der Waals surface area contributed by atoms with Crippen LogP contribution in [0.5, 0.6) is 0 Å². The normalized spacial score (nSPS) is 16.4. The molecule has 0 spiro atoms. The summed E-state index contributed by atoms with van der Waals surface area (Å²) in [7, 11) is 2.15. The molecule has 3 nitrogen and oxygen atoms in total. The van der Waals surface area contributed by atoms with Gasteiger partial charge in [0.15, 0.2) is 0 Å². The van der Waals surface area contributed by atoms with Gasteiger partial charge in [0.2, 0.25) is 0 Å². The minimum absolute atomic E-state index is 0.154. The van der Waals surface area contributed by atoms with Gasteiger partial charge in [-0.05, 0) is 51.7 Å². The van der Waals surface area contributed by atoms with Gasteiger partial charge in [0, 0.05) is 31.4 Å². The fourth-order valence-corrected chi connectivity index (χ4v) is 2.06. The van der Waals surface area contributed by atoms with Gasteiger partial charge >= 0.3 is 0 Å². The van der Waals surface area contributed by atoms with E-state index in [9.17, 15) is 0 Å². The largest absolute Gasteiger partial charge is 0.357 e. The molecule has 0 atom stereocenters. The Balaban J connectivity index is 1.92. The Kier molecular flexibility index (Phi) is 3.91. The lowest BCUT2D eigenvalue weighted by Crippen LogP contribution is -2.37. The molecule has 1 saturated carbocycles. The van der Waals surface area contributed by atoms with Crippen LogP contribution in [0.15, 0.2) is 18.3 Å². The van der Waals surface area contributed by atoms with E-state index in [2.05, 4.69) is 55.2 Å². The summed E-state index contributed by atoms with van der Waals surface area (Å²) in [6, 6.07) is 5.02. The highest BCUT2D eigenvalue weighted by Crippen LogP contribution is 2.26. The zero-order valence-electron chi connectivity index (χ0n) is 12.0. The van der Waals surface area contributed by atoms with Gasteiger partial charge in [-0.15, -0.1) is 0 Å². The summed E-state index contributed by atoms with van der Waals surface area (Å²) in [6.07, 6.45) is 5.98. The summed E-state index contributed by atoms with van der Waals surface area (Å²) in [6.45, 7) is 7.42. The molecule has 1 aliphatic rings. The summed E-state index contributed by atoms with van der Waals surface area (Å²) < 4.78 is 0. The van der Waals surface area contributed by atoms with Crippen molar-refractivity contribution in [3.8, 4) is 0 Å². The molecule has 0 radical (unpaired) electrons. The molecule has 0 amide bonds. The Morgan fingerprint density at radius 1 is 1.33 bits per heavy atom. The molecule has 1 aromatic rings. The maximum Gasteiger partial charge on any atom is 0.128 e. The van der Waals surface area contributed by atoms with Crippen LogP contribution in [-0.4, -0.2) is 23.6 Å². The highest BCUT2D eigenvalue weighted by molar-refractivity contribution is 5.40. The van der Waals surface area contributed by atoms with Crippen molar-refractivity contribution in [1.29, 1.82) is 0 Å². The molecule has 0 aromatic carbocycles. The molecule has 1 fully saturated rings. The Labute approximate surface area is 111 Å². The lowest BCUT2D eigenvalue weighted by molar-refractivity contribution is 0.399. The highest BCUT2D eigenvalue weighted by Gasteiger charge is 2.22. The average molecular weight is 247 g/mol. The summed E-state index contributed by atoms with van der Waals surface area (Å²) in [5.74, 6) is 1.10. The first-order chi connectivity index (χ1) is 8.46. The number of nitrogens with one attached hydrogen (secondary N) is 1. The van der Waals surface area contributed by atoms with E-state index in [0.717, 1.165) is 12.4 Å². The third-order valence-electron chi connectivity index (χ3n) is 3.62. The van der Waals surface area contributed by atoms with Gasteiger partial charge in [0.25, 0.3) is 0 Å². The van der Waals surface area contributed by atoms with Gasteiger partial charge in [-0.2, -0.15) is 0 Å². The minimum atomic E-state index is 0.154. The van der Waals surface area contributed by atoms with Crippen molar-refractivity contribution < 1.29 is 0 Å². The van der Waals surface area contributed by atoms with Gasteiger partial charge in [-0.3, -0.25) is 0 Å². The van der Waals surface area contributed by atoms with Gasteiger partial charge in [0.05, 0.1) is 0 Å². The van der Waals surface area contributed by atoms with Crippen LogP contribution in [0.3, 0.4) is 0 Å². The van der Waals surface area contributed by atoms with E-state index in [1.54, 1.807) is 0 Å². The number of hydrogen-bond donors (Lipinski definition) is 1. The molecule has 100 valence electrons. The van der Waals surface area contributed by atoms with Gasteiger partial charge in [0.1, 0.15) is 5.82 Å². The molecule has 3 heteroatoms. The monoisotopic (exact) mass is 247 g/mol. The highest BCUT2D eigenvalue weighted by atomic mass is 15.2. The van der Waals surface area contributed by atoms with E-state index in [1.807, 2.05) is 6.20 Å². The standard InChI is InChI=1S/C15H25N3/c1-15(2,3)17-11-12-8-9-14(16-10-12)18(4)13-6-5-7-13/h8-10,13,17H,5-7,11H2,1-4H3. The van der Waals surface area contributed by atoms with Crippen molar-refractivity contribution in [3.05, 3.63) is 23.9 Å². The Bertz CT molecular complexity index is 374. The average Bonchev–Trinajstić information content (AvgIpc) is 2.23. The van der Waals surface area contributed by atoms with E-state index >= 15 is 0 Å². The van der Waals surface area contributed by atoms with Crippen LogP contribution < -0.4 is 10.2 Å². The second kappa shape index (κ2) is 5.27. The number of hydrogen-bond acceptors (Lipinski definition) is 3. The molecular weight excluding hydrogens is 222 g/mol. The Morgan fingerprint density at radius 2 is 2.06 bits per heavy atom. The first-order valence-corrected chi connectivity index (χ1v) is 6.88. The lowest BCUT2D eigenvalue weighted by Gasteiger charge is -2.35. The first-order valence-electron chi connectivity index (χ1n) is 6.88. The van der Waals surface area contributed by atoms with Gasteiger partial charge < -0.3 is 10.2 Å². The molecule has 1 aliphatic carbocycles. The molecule has 1 heterocycles. The molecule has 0 saturated heterocycles. The molecule has 18 heavy (non-hydrogen) atoms. The van der Waals surface area contributed by atoms with Crippen LogP contribution in [0.25, 0.3) is 0 Å². The van der Waals surface area contributed by atoms with E-state index < -0.39 is 0 Å². The number of pyridine rings is 1. The second-order valence-electron chi connectivity index (χ2n) is 6.32. The van der Waals surface area contributed by atoms with Crippen molar-refractivity contribution in [3.63, 3.8) is 0 Å². The van der Waals surface area contributed by atoms with Crippen molar-refractivity contribution in [1.82, 2.24) is 10.3 Å². The van der Waals surface area contributed by atoms with E-state index in [-0.39, 0.29) is 5.54 Å². The summed E-state index contributed by atoms with van der Waals surface area (Å²) in [4.78, 5) is 6.88. The van der Waals surface area contributed by atoms with Gasteiger partial charge in [-0.25, -0.2) is 4.98 Å². The van der Waals surface area contributed by atoms with Crippen molar-refractivity contribution in [2.45, 2.75) is 58.2 Å². The van der Waals surface area contributed by atoms with Crippen molar-refractivity contribution in [2.24, 2.45) is 0 Å². The summed E-state index contributed by atoms with van der Waals surface area (Å²) in [5.41, 5.74) is 1.40. The first kappa shape index (κ1) is 13.3. The fraction of sp³-hybridized carbons (Fsp3) is 0.667. The summed E-state index contributed by atoms with van der Waals surface area (Å²) >= 11 is 0. The van der Waals surface area contributed by atoms with Crippen molar-refractivity contribution >= 4 is 5.82 Å². The van der Waals surface area contributed by atoms with Crippen LogP contribution >= 0.6 is 0 Å². The van der Waals surface area contributed by atoms with Crippen LogP contribution in [0.1, 0.15) is 45.6 Å². The van der Waals surface area contributed by atoms with E-state index in [0.29, 0.717) is 6.04 Å². The number of aromatic nitrogens is 1. The summed E-state index contributed by atoms with van der Waals surface area (Å²) in [5, 5.41) is 3.48. The number of rotatable bonds is 4. The second-order valence-corrected chi connectivity index (χ2v) is 6.32. The lowest BCUT2D eigenvalue weighted by atomic mass is 9.92. The SMILES string of the molecule is CN(c1ccc(CNC(C)(C)C)cn1)C1CCC1. The number of nitrogens with zero attached hydrogens (tertiary/aromatic N) is 2. The van der Waals surface area contributed by atoms with Crippen LogP contribution in [0, 0.1) is 0 Å². The minimum Gasteiger partial charge on any atom is -0.357 e. The zero-order valence-corrected chi connectivity index (χ0v) is 12.0. The zero-order chi connectivity index (χ0) is 13.2. The van der Waals surface area contributed by atoms with Crippen LogP contribution in [0.2, 0.25) is 0 Å². The quantitative estimate of drug-likeness (QED) is 0.886. The fourth-order valence-electron chi connectivity index (χ4n) is 2.06. The molecule has 1 N–H and O–H groups in total. The van der Waals surface area contributed by atoms with Gasteiger partial charge in [-0.1, -0.05) is 6.07 Å². The Hall–Kier alpha value is -1.09. The predicted octanol–water partition coefficient (Wildman–Crippen LogP) is 2.96. The molecule has 2 rings (SSSR count). The predicted molar refractivity (Wildman–Crippen MR) is 76.9 cm³/mol. The maximum atomic E-state index is 4.57. The molecule has 1 aromatic heterocycles. The van der Waals surface area contributed by atoms with Crippen LogP contribution in [0.4, 0.5) is 5.82 Å². The topological polar surface area (TPSA) is 28.2 Å². The Morgan fingerprint density at radius 3 is 2.50 bits per heavy atom. The third-order valence-corrected chi connectivity index (χ3v) is 3.62. The molecule has 0 bridgehead atoms. The number of anilines is 1. The molecule has 0 unspecified atom stereocenters. The van der Waals surface area contributed by atoms with E-state index in [1.165, 1.54) is 24.8 Å². The molecular formula is C15H25N3. The molecule has 0 aliphatic heterocycles. The smallest absolute Gasteiger partial charge is 0.128 e. The van der Waals surface area contributed by atoms with Crippen molar-refractivity contribution in [2.75, 3.05) is 11.9 Å². The third kappa shape index (κ3) is 3.45. The maximum absolute atomic E-state index is 4.57.